The minimum Gasteiger partial charge on any atom is -0.451 e. The maximum Gasteiger partial charge on any atom is 0.417 e. The van der Waals surface area contributed by atoms with Gasteiger partial charge in [0.05, 0.1) is 16.5 Å². The molecule has 0 N–H and O–H groups in total. The van der Waals surface area contributed by atoms with E-state index in [-0.39, 0.29) is 43.0 Å². The Morgan fingerprint density at radius 1 is 0.839 bits per heavy atom. The second-order valence-electron chi connectivity index (χ2n) is 7.10. The highest BCUT2D eigenvalue weighted by Gasteiger charge is 2.36. The summed E-state index contributed by atoms with van der Waals surface area (Å²) in [5, 5.41) is 0.359. The molecule has 6 nitrogen and oxygen atoms in total. The minimum absolute atomic E-state index is 0.0641. The number of para-hydroxylation sites is 1. The summed E-state index contributed by atoms with van der Waals surface area (Å²) in [6.07, 6.45) is -4.64. The van der Waals surface area contributed by atoms with Crippen molar-refractivity contribution in [3.8, 4) is 0 Å². The molecule has 0 atom stereocenters. The molecule has 0 bridgehead atoms. The number of nitrogens with zero attached hydrogens (tertiary/aromatic N) is 2. The predicted molar refractivity (Wildman–Crippen MR) is 106 cm³/mol. The predicted octanol–water partition coefficient (Wildman–Crippen LogP) is 3.41. The Labute approximate surface area is 174 Å². The number of carbonyl (C=O) groups excluding carboxylic acids is 2. The lowest BCUT2D eigenvalue weighted by atomic mass is 10.1. The molecule has 0 saturated carbocycles. The number of fused-ring (bicyclic) bond motifs is 1. The van der Waals surface area contributed by atoms with Crippen LogP contribution in [0.4, 0.5) is 13.2 Å². The van der Waals surface area contributed by atoms with Gasteiger partial charge in [-0.25, -0.2) is 0 Å². The number of hydrogen-bond donors (Lipinski definition) is 0. The van der Waals surface area contributed by atoms with Gasteiger partial charge in [0.25, 0.3) is 11.8 Å². The zero-order chi connectivity index (χ0) is 22.2. The summed E-state index contributed by atoms with van der Waals surface area (Å²) in [6.45, 7) is 0.341. The lowest BCUT2D eigenvalue weighted by Crippen LogP contribution is -2.50. The summed E-state index contributed by atoms with van der Waals surface area (Å²) in [6, 6.07) is 12.3. The number of hydrogen-bond acceptors (Lipinski definition) is 4. The van der Waals surface area contributed by atoms with E-state index < -0.39 is 29.1 Å². The van der Waals surface area contributed by atoms with Gasteiger partial charge in [0.2, 0.25) is 0 Å². The van der Waals surface area contributed by atoms with Crippen LogP contribution in [0.3, 0.4) is 0 Å². The largest absolute Gasteiger partial charge is 0.451 e. The molecule has 1 aromatic heterocycles. The van der Waals surface area contributed by atoms with Crippen molar-refractivity contribution in [3.63, 3.8) is 0 Å². The Morgan fingerprint density at radius 2 is 1.42 bits per heavy atom. The summed E-state index contributed by atoms with van der Waals surface area (Å²) in [4.78, 5) is 40.4. The summed E-state index contributed by atoms with van der Waals surface area (Å²) in [5.41, 5.74) is -1.47. The molecule has 1 saturated heterocycles. The molecular formula is C22H17F3N2O4. The van der Waals surface area contributed by atoms with E-state index in [0.717, 1.165) is 18.2 Å². The Balaban J connectivity index is 1.49. The van der Waals surface area contributed by atoms with Crippen molar-refractivity contribution in [2.75, 3.05) is 26.2 Å². The Hall–Kier alpha value is -3.62. The first-order chi connectivity index (χ1) is 14.8. The number of amides is 2. The molecule has 0 radical (unpaired) electrons. The number of piperazine rings is 1. The van der Waals surface area contributed by atoms with Gasteiger partial charge in [-0.15, -0.1) is 0 Å². The molecule has 4 rings (SSSR count). The Kier molecular flexibility index (Phi) is 5.26. The van der Waals surface area contributed by atoms with Crippen molar-refractivity contribution in [2.24, 2.45) is 0 Å². The van der Waals surface area contributed by atoms with Gasteiger partial charge in [-0.05, 0) is 24.3 Å². The van der Waals surface area contributed by atoms with Gasteiger partial charge in [0.15, 0.2) is 11.2 Å². The average molecular weight is 430 g/mol. The minimum atomic E-state index is -4.64. The molecule has 0 aliphatic carbocycles. The fraction of sp³-hybridized carbons (Fsp3) is 0.227. The van der Waals surface area contributed by atoms with Crippen molar-refractivity contribution >= 4 is 22.8 Å². The molecule has 1 aliphatic rings. The molecule has 160 valence electrons. The van der Waals surface area contributed by atoms with Gasteiger partial charge in [-0.2, -0.15) is 13.2 Å². The number of carbonyl (C=O) groups is 2. The maximum atomic E-state index is 13.2. The second kappa shape index (κ2) is 7.90. The average Bonchev–Trinajstić information content (AvgIpc) is 2.77. The first-order valence-corrected chi connectivity index (χ1v) is 9.53. The molecule has 1 aliphatic heterocycles. The van der Waals surface area contributed by atoms with Crippen molar-refractivity contribution in [1.82, 2.24) is 9.80 Å². The molecule has 1 fully saturated rings. The van der Waals surface area contributed by atoms with E-state index in [1.807, 2.05) is 0 Å². The summed E-state index contributed by atoms with van der Waals surface area (Å²) >= 11 is 0. The molecule has 3 aromatic rings. The van der Waals surface area contributed by atoms with Crippen LogP contribution in [0.15, 0.2) is 63.8 Å². The van der Waals surface area contributed by atoms with Crippen molar-refractivity contribution < 1.29 is 27.2 Å². The van der Waals surface area contributed by atoms with E-state index in [1.165, 1.54) is 21.9 Å². The number of benzene rings is 2. The molecular weight excluding hydrogens is 413 g/mol. The Bertz CT molecular complexity index is 1210. The van der Waals surface area contributed by atoms with Crippen LogP contribution in [0.25, 0.3) is 11.0 Å². The van der Waals surface area contributed by atoms with E-state index in [2.05, 4.69) is 0 Å². The van der Waals surface area contributed by atoms with Gasteiger partial charge in [-0.1, -0.05) is 24.3 Å². The third-order valence-corrected chi connectivity index (χ3v) is 5.16. The molecule has 0 unspecified atom stereocenters. The summed E-state index contributed by atoms with van der Waals surface area (Å²) in [5.74, 6) is -1.37. The zero-order valence-electron chi connectivity index (χ0n) is 16.2. The highest BCUT2D eigenvalue weighted by Crippen LogP contribution is 2.32. The third kappa shape index (κ3) is 4.03. The van der Waals surface area contributed by atoms with Gasteiger partial charge < -0.3 is 14.2 Å². The van der Waals surface area contributed by atoms with E-state index in [9.17, 15) is 27.6 Å². The van der Waals surface area contributed by atoms with E-state index in [4.69, 9.17) is 4.42 Å². The van der Waals surface area contributed by atoms with Crippen LogP contribution in [-0.2, 0) is 6.18 Å². The molecule has 0 spiro atoms. The highest BCUT2D eigenvalue weighted by atomic mass is 19.4. The van der Waals surface area contributed by atoms with Crippen LogP contribution in [0.5, 0.6) is 0 Å². The van der Waals surface area contributed by atoms with E-state index in [1.54, 1.807) is 24.3 Å². The second-order valence-corrected chi connectivity index (χ2v) is 7.10. The Morgan fingerprint density at radius 3 is 2.10 bits per heavy atom. The number of alkyl halides is 3. The van der Waals surface area contributed by atoms with Gasteiger partial charge >= 0.3 is 6.18 Å². The lowest BCUT2D eigenvalue weighted by molar-refractivity contribution is -0.138. The standard InChI is InChI=1S/C22H17F3N2O4/c23-22(24,25)16-7-3-1-5-14(16)20(29)26-9-11-27(12-10-26)21(30)19-13-17(28)15-6-2-4-8-18(15)31-19/h1-8,13H,9-12H2. The van der Waals surface area contributed by atoms with Crippen LogP contribution in [0, 0.1) is 0 Å². The molecule has 2 heterocycles. The topological polar surface area (TPSA) is 70.8 Å². The van der Waals surface area contributed by atoms with Gasteiger partial charge in [0, 0.05) is 32.2 Å². The van der Waals surface area contributed by atoms with Crippen molar-refractivity contribution in [3.05, 3.63) is 81.7 Å². The zero-order valence-corrected chi connectivity index (χ0v) is 16.2. The molecule has 2 amide bonds. The van der Waals surface area contributed by atoms with Crippen LogP contribution < -0.4 is 5.43 Å². The third-order valence-electron chi connectivity index (χ3n) is 5.16. The van der Waals surface area contributed by atoms with E-state index in [0.29, 0.717) is 5.39 Å². The summed E-state index contributed by atoms with van der Waals surface area (Å²) < 4.78 is 45.2. The number of rotatable bonds is 2. The first-order valence-electron chi connectivity index (χ1n) is 9.53. The van der Waals surface area contributed by atoms with Crippen LogP contribution >= 0.6 is 0 Å². The van der Waals surface area contributed by atoms with Crippen LogP contribution in [0.1, 0.15) is 26.5 Å². The quantitative estimate of drug-likeness (QED) is 0.625. The molecule has 9 heteroatoms. The van der Waals surface area contributed by atoms with Crippen LogP contribution in [-0.4, -0.2) is 47.8 Å². The molecule has 2 aromatic carbocycles. The fourth-order valence-electron chi connectivity index (χ4n) is 3.56. The smallest absolute Gasteiger partial charge is 0.417 e. The maximum absolute atomic E-state index is 13.2. The normalized spacial score (nSPS) is 14.7. The van der Waals surface area contributed by atoms with Crippen molar-refractivity contribution in [1.29, 1.82) is 0 Å². The van der Waals surface area contributed by atoms with Gasteiger partial charge in [0.1, 0.15) is 5.58 Å². The highest BCUT2D eigenvalue weighted by molar-refractivity contribution is 5.96. The monoisotopic (exact) mass is 430 g/mol. The van der Waals surface area contributed by atoms with E-state index >= 15 is 0 Å². The fourth-order valence-corrected chi connectivity index (χ4v) is 3.56. The van der Waals surface area contributed by atoms with Crippen molar-refractivity contribution in [2.45, 2.75) is 6.18 Å². The first kappa shape index (κ1) is 20.6. The SMILES string of the molecule is O=C(c1cc(=O)c2ccccc2o1)N1CCN(C(=O)c2ccccc2C(F)(F)F)CC1. The lowest BCUT2D eigenvalue weighted by Gasteiger charge is -2.34. The van der Waals surface area contributed by atoms with Crippen LogP contribution in [0.2, 0.25) is 0 Å². The van der Waals surface area contributed by atoms with Gasteiger partial charge in [-0.3, -0.25) is 14.4 Å². The summed E-state index contributed by atoms with van der Waals surface area (Å²) in [7, 11) is 0. The number of halogens is 3. The molecule has 31 heavy (non-hydrogen) atoms.